The molecule has 1 amide bonds. The van der Waals surface area contributed by atoms with E-state index < -0.39 is 0 Å². The zero-order valence-corrected chi connectivity index (χ0v) is 16.1. The van der Waals surface area contributed by atoms with Crippen molar-refractivity contribution in [2.75, 3.05) is 7.11 Å². The van der Waals surface area contributed by atoms with Crippen LogP contribution in [0.3, 0.4) is 0 Å². The highest BCUT2D eigenvalue weighted by Gasteiger charge is 2.21. The van der Waals surface area contributed by atoms with E-state index in [2.05, 4.69) is 5.32 Å². The van der Waals surface area contributed by atoms with Crippen LogP contribution >= 0.6 is 0 Å². The van der Waals surface area contributed by atoms with E-state index in [1.165, 1.54) is 0 Å². The zero-order valence-electron chi connectivity index (χ0n) is 16.1. The van der Waals surface area contributed by atoms with Crippen molar-refractivity contribution in [1.82, 2.24) is 5.32 Å². The predicted molar refractivity (Wildman–Crippen MR) is 111 cm³/mol. The summed E-state index contributed by atoms with van der Waals surface area (Å²) in [6.45, 7) is 0.567. The number of hydrogen-bond acceptors (Lipinski definition) is 4. The van der Waals surface area contributed by atoms with Crippen molar-refractivity contribution in [3.8, 4) is 11.5 Å². The lowest BCUT2D eigenvalue weighted by Gasteiger charge is -2.10. The van der Waals surface area contributed by atoms with Gasteiger partial charge in [0.25, 0.3) is 5.91 Å². The molecule has 4 aromatic rings. The van der Waals surface area contributed by atoms with Gasteiger partial charge in [-0.05, 0) is 24.3 Å². The van der Waals surface area contributed by atoms with E-state index in [-0.39, 0.29) is 18.3 Å². The minimum absolute atomic E-state index is 0.235. The van der Waals surface area contributed by atoms with Gasteiger partial charge in [0.15, 0.2) is 5.76 Å². The van der Waals surface area contributed by atoms with Crippen molar-refractivity contribution in [1.29, 1.82) is 0 Å². The molecule has 0 aliphatic carbocycles. The maximum absolute atomic E-state index is 12.9. The Morgan fingerprint density at radius 2 is 1.66 bits per heavy atom. The lowest BCUT2D eigenvalue weighted by molar-refractivity contribution is 0.0921. The lowest BCUT2D eigenvalue weighted by atomic mass is 10.1. The number of ether oxygens (including phenoxy) is 2. The van der Waals surface area contributed by atoms with Gasteiger partial charge in [-0.2, -0.15) is 0 Å². The molecule has 146 valence electrons. The van der Waals surface area contributed by atoms with Crippen LogP contribution in [0.2, 0.25) is 0 Å². The maximum atomic E-state index is 12.9. The van der Waals surface area contributed by atoms with Crippen LogP contribution in [0.25, 0.3) is 11.0 Å². The smallest absolute Gasteiger partial charge is 0.287 e. The number of hydrogen-bond donors (Lipinski definition) is 1. The molecule has 0 spiro atoms. The van der Waals surface area contributed by atoms with Gasteiger partial charge in [0, 0.05) is 23.1 Å². The highest BCUT2D eigenvalue weighted by molar-refractivity contribution is 5.99. The third-order valence-corrected chi connectivity index (χ3v) is 4.66. The van der Waals surface area contributed by atoms with E-state index in [1.807, 2.05) is 78.9 Å². The number of benzene rings is 3. The number of rotatable bonds is 7. The summed E-state index contributed by atoms with van der Waals surface area (Å²) in [5, 5.41) is 3.79. The molecule has 5 nitrogen and oxygen atoms in total. The average Bonchev–Trinajstić information content (AvgIpc) is 3.15. The fourth-order valence-corrected chi connectivity index (χ4v) is 3.20. The van der Waals surface area contributed by atoms with Gasteiger partial charge in [-0.25, -0.2) is 0 Å². The van der Waals surface area contributed by atoms with Crippen LogP contribution < -0.4 is 14.8 Å². The largest absolute Gasteiger partial charge is 0.496 e. The molecular formula is C24H21NO4. The second kappa shape index (κ2) is 8.52. The molecule has 0 saturated heterocycles. The van der Waals surface area contributed by atoms with Gasteiger partial charge < -0.3 is 19.2 Å². The summed E-state index contributed by atoms with van der Waals surface area (Å²) in [5.41, 5.74) is 2.27. The number of fused-ring (bicyclic) bond motifs is 1. The summed E-state index contributed by atoms with van der Waals surface area (Å²) in [7, 11) is 1.61. The summed E-state index contributed by atoms with van der Waals surface area (Å²) in [6, 6.07) is 24.6. The first kappa shape index (κ1) is 18.6. The van der Waals surface area contributed by atoms with E-state index in [1.54, 1.807) is 7.11 Å². The fraction of sp³-hybridized carbons (Fsp3) is 0.125. The number of methoxy groups -OCH3 is 1. The second-order valence-corrected chi connectivity index (χ2v) is 6.50. The summed E-state index contributed by atoms with van der Waals surface area (Å²) in [5.74, 6) is 1.43. The van der Waals surface area contributed by atoms with Crippen molar-refractivity contribution in [3.05, 3.63) is 95.7 Å². The Morgan fingerprint density at radius 3 is 2.48 bits per heavy atom. The Morgan fingerprint density at radius 1 is 0.931 bits per heavy atom. The maximum Gasteiger partial charge on any atom is 0.287 e. The number of furan rings is 1. The average molecular weight is 387 g/mol. The molecule has 0 fully saturated rings. The minimum atomic E-state index is -0.293. The normalized spacial score (nSPS) is 10.7. The van der Waals surface area contributed by atoms with Crippen LogP contribution in [0.1, 0.15) is 21.7 Å². The molecule has 0 saturated carbocycles. The van der Waals surface area contributed by atoms with Gasteiger partial charge in [-0.3, -0.25) is 4.79 Å². The van der Waals surface area contributed by atoms with E-state index >= 15 is 0 Å². The molecule has 5 heteroatoms. The third-order valence-electron chi connectivity index (χ3n) is 4.66. The second-order valence-electron chi connectivity index (χ2n) is 6.50. The first-order valence-electron chi connectivity index (χ1n) is 9.34. The molecule has 4 rings (SSSR count). The van der Waals surface area contributed by atoms with E-state index in [9.17, 15) is 4.79 Å². The summed E-state index contributed by atoms with van der Waals surface area (Å²) < 4.78 is 17.1. The number of carbonyl (C=O) groups is 1. The molecule has 0 aliphatic heterocycles. The molecule has 0 aliphatic rings. The lowest BCUT2D eigenvalue weighted by Crippen LogP contribution is -2.24. The molecular weight excluding hydrogens is 366 g/mol. The van der Waals surface area contributed by atoms with Crippen LogP contribution in [0, 0.1) is 0 Å². The van der Waals surface area contributed by atoms with Gasteiger partial charge in [0.1, 0.15) is 23.7 Å². The number of carbonyl (C=O) groups excluding carboxylic acids is 1. The standard InChI is InChI=1S/C24H21NO4/c1-27-21-13-7-5-9-17(21)15-25-24(26)23-20(16-28-18-10-3-2-4-11-18)19-12-6-8-14-22(19)29-23/h2-14H,15-16H2,1H3,(H,25,26). The molecule has 1 N–H and O–H groups in total. The molecule has 0 atom stereocenters. The highest BCUT2D eigenvalue weighted by Crippen LogP contribution is 2.27. The number of nitrogens with one attached hydrogen (secondary N) is 1. The number of amides is 1. The van der Waals surface area contributed by atoms with Gasteiger partial charge in [-0.1, -0.05) is 54.6 Å². The van der Waals surface area contributed by atoms with Crippen LogP contribution in [0.4, 0.5) is 0 Å². The van der Waals surface area contributed by atoms with E-state index in [4.69, 9.17) is 13.9 Å². The van der Waals surface area contributed by atoms with Crippen LogP contribution in [0.15, 0.2) is 83.3 Å². The summed E-state index contributed by atoms with van der Waals surface area (Å²) in [4.78, 5) is 12.9. The van der Waals surface area contributed by atoms with Gasteiger partial charge in [0.05, 0.1) is 7.11 Å². The first-order valence-corrected chi connectivity index (χ1v) is 9.34. The Labute approximate surface area is 168 Å². The van der Waals surface area contributed by atoms with Gasteiger partial charge in [0.2, 0.25) is 0 Å². The molecule has 29 heavy (non-hydrogen) atoms. The SMILES string of the molecule is COc1ccccc1CNC(=O)c1oc2ccccc2c1COc1ccccc1. The van der Waals surface area contributed by atoms with E-state index in [0.29, 0.717) is 12.1 Å². The van der Waals surface area contributed by atoms with Gasteiger partial charge >= 0.3 is 0 Å². The molecule has 1 aromatic heterocycles. The van der Waals surface area contributed by atoms with E-state index in [0.717, 1.165) is 28.0 Å². The van der Waals surface area contributed by atoms with Crippen LogP contribution in [0.5, 0.6) is 11.5 Å². The zero-order chi connectivity index (χ0) is 20.1. The summed E-state index contributed by atoms with van der Waals surface area (Å²) >= 11 is 0. The Kier molecular flexibility index (Phi) is 5.47. The molecule has 0 radical (unpaired) electrons. The minimum Gasteiger partial charge on any atom is -0.496 e. The van der Waals surface area contributed by atoms with Gasteiger partial charge in [-0.15, -0.1) is 0 Å². The monoisotopic (exact) mass is 387 g/mol. The third kappa shape index (κ3) is 4.09. The Balaban J connectivity index is 1.58. The molecule has 1 heterocycles. The summed E-state index contributed by atoms with van der Waals surface area (Å²) in [6.07, 6.45) is 0. The number of para-hydroxylation sites is 3. The quantitative estimate of drug-likeness (QED) is 0.487. The Bertz CT molecular complexity index is 1120. The van der Waals surface area contributed by atoms with Crippen molar-refractivity contribution in [2.45, 2.75) is 13.2 Å². The first-order chi connectivity index (χ1) is 14.3. The van der Waals surface area contributed by atoms with Crippen molar-refractivity contribution in [3.63, 3.8) is 0 Å². The van der Waals surface area contributed by atoms with Crippen LogP contribution in [-0.2, 0) is 13.2 Å². The fourth-order valence-electron chi connectivity index (χ4n) is 3.20. The Hall–Kier alpha value is -3.73. The molecule has 3 aromatic carbocycles. The van der Waals surface area contributed by atoms with Crippen molar-refractivity contribution in [2.24, 2.45) is 0 Å². The molecule has 0 bridgehead atoms. The molecule has 0 unspecified atom stereocenters. The predicted octanol–water partition coefficient (Wildman–Crippen LogP) is 4.95. The van der Waals surface area contributed by atoms with Crippen molar-refractivity contribution < 1.29 is 18.7 Å². The topological polar surface area (TPSA) is 60.7 Å². The van der Waals surface area contributed by atoms with Crippen LogP contribution in [-0.4, -0.2) is 13.0 Å². The highest BCUT2D eigenvalue weighted by atomic mass is 16.5. The van der Waals surface area contributed by atoms with Crippen molar-refractivity contribution >= 4 is 16.9 Å².